The highest BCUT2D eigenvalue weighted by Gasteiger charge is 2.14. The van der Waals surface area contributed by atoms with E-state index in [-0.39, 0.29) is 17.6 Å². The van der Waals surface area contributed by atoms with Gasteiger partial charge in [-0.1, -0.05) is 17.7 Å². The van der Waals surface area contributed by atoms with Crippen LogP contribution in [0.25, 0.3) is 0 Å². The number of rotatable bonds is 3. The van der Waals surface area contributed by atoms with E-state index < -0.39 is 0 Å². The lowest BCUT2D eigenvalue weighted by atomic mass is 10.3. The number of nitrogens with one attached hydrogen (secondary N) is 1. The van der Waals surface area contributed by atoms with Crippen molar-refractivity contribution in [2.45, 2.75) is 13.0 Å². The Hall–Kier alpha value is -1.85. The molecule has 1 aromatic heterocycles. The smallest absolute Gasteiger partial charge is 0.277 e. The first-order valence-corrected chi connectivity index (χ1v) is 5.72. The lowest BCUT2D eigenvalue weighted by Gasteiger charge is -2.02. The number of benzene rings is 1. The van der Waals surface area contributed by atoms with Gasteiger partial charge in [-0.05, 0) is 25.1 Å². The Morgan fingerprint density at radius 3 is 2.94 bits per heavy atom. The fourth-order valence-electron chi connectivity index (χ4n) is 1.36. The number of halogens is 1. The molecule has 6 heteroatoms. The normalized spacial score (nSPS) is 12.2. The molecule has 1 aromatic carbocycles. The van der Waals surface area contributed by atoms with Gasteiger partial charge < -0.3 is 15.5 Å². The molecule has 0 saturated heterocycles. The number of nitrogens with two attached hydrogens (primary N) is 1. The first kappa shape index (κ1) is 12.6. The van der Waals surface area contributed by atoms with Crippen molar-refractivity contribution in [2.75, 3.05) is 5.32 Å². The molecule has 2 aromatic rings. The lowest BCUT2D eigenvalue weighted by Crippen LogP contribution is -2.13. The van der Waals surface area contributed by atoms with Gasteiger partial charge >= 0.3 is 0 Å². The summed E-state index contributed by atoms with van der Waals surface area (Å²) in [6.45, 7) is 1.73. The van der Waals surface area contributed by atoms with Gasteiger partial charge in [-0.2, -0.15) is 0 Å². The van der Waals surface area contributed by atoms with Gasteiger partial charge in [0.2, 0.25) is 5.89 Å². The van der Waals surface area contributed by atoms with Crippen LogP contribution < -0.4 is 11.1 Å². The van der Waals surface area contributed by atoms with Crippen LogP contribution in [0.5, 0.6) is 0 Å². The monoisotopic (exact) mass is 265 g/mol. The van der Waals surface area contributed by atoms with Crippen molar-refractivity contribution in [1.29, 1.82) is 0 Å². The highest BCUT2D eigenvalue weighted by atomic mass is 35.5. The third-order valence-corrected chi connectivity index (χ3v) is 2.46. The van der Waals surface area contributed by atoms with Crippen LogP contribution in [0.3, 0.4) is 0 Å². The molecule has 0 spiro atoms. The van der Waals surface area contributed by atoms with Crippen LogP contribution in [0.2, 0.25) is 5.02 Å². The van der Waals surface area contributed by atoms with Crippen LogP contribution >= 0.6 is 11.6 Å². The number of hydrogen-bond donors (Lipinski definition) is 2. The van der Waals surface area contributed by atoms with Crippen molar-refractivity contribution in [3.05, 3.63) is 47.1 Å². The van der Waals surface area contributed by atoms with Gasteiger partial charge in [0, 0.05) is 10.7 Å². The van der Waals surface area contributed by atoms with E-state index in [1.807, 2.05) is 0 Å². The van der Waals surface area contributed by atoms with Crippen molar-refractivity contribution in [3.8, 4) is 0 Å². The topological polar surface area (TPSA) is 81.1 Å². The first-order valence-electron chi connectivity index (χ1n) is 5.34. The summed E-state index contributed by atoms with van der Waals surface area (Å²) >= 11 is 5.82. The Bertz CT molecular complexity index is 566. The van der Waals surface area contributed by atoms with Gasteiger partial charge in [-0.15, -0.1) is 0 Å². The average Bonchev–Trinajstić information content (AvgIpc) is 2.78. The molecule has 3 N–H and O–H groups in total. The van der Waals surface area contributed by atoms with Crippen LogP contribution in [0.4, 0.5) is 5.69 Å². The molecule has 94 valence electrons. The molecule has 1 unspecified atom stereocenters. The third kappa shape index (κ3) is 2.88. The predicted octanol–water partition coefficient (Wildman–Crippen LogP) is 2.60. The second kappa shape index (κ2) is 5.20. The molecule has 18 heavy (non-hydrogen) atoms. The molecule has 5 nitrogen and oxygen atoms in total. The maximum atomic E-state index is 11.8. The van der Waals surface area contributed by atoms with Gasteiger partial charge in [-0.3, -0.25) is 4.79 Å². The number of carbonyl (C=O) groups is 1. The average molecular weight is 266 g/mol. The minimum absolute atomic E-state index is 0.183. The maximum absolute atomic E-state index is 11.8. The second-order valence-electron chi connectivity index (χ2n) is 3.82. The van der Waals surface area contributed by atoms with Gasteiger partial charge in [0.15, 0.2) is 5.69 Å². The Labute approximate surface area is 109 Å². The fourth-order valence-corrected chi connectivity index (χ4v) is 1.55. The molecule has 0 saturated carbocycles. The summed E-state index contributed by atoms with van der Waals surface area (Å²) in [5.74, 6) is -0.0424. The van der Waals surface area contributed by atoms with Crippen molar-refractivity contribution >= 4 is 23.2 Å². The molecule has 0 fully saturated rings. The highest BCUT2D eigenvalue weighted by molar-refractivity contribution is 6.30. The largest absolute Gasteiger partial charge is 0.446 e. The Balaban J connectivity index is 2.12. The summed E-state index contributed by atoms with van der Waals surface area (Å²) < 4.78 is 5.09. The fraction of sp³-hybridized carbons (Fsp3) is 0.167. The predicted molar refractivity (Wildman–Crippen MR) is 68.5 cm³/mol. The number of nitrogens with zero attached hydrogens (tertiary/aromatic N) is 1. The minimum Gasteiger partial charge on any atom is -0.446 e. The quantitative estimate of drug-likeness (QED) is 0.894. The molecule has 2 rings (SSSR count). The molecule has 0 radical (unpaired) electrons. The van der Waals surface area contributed by atoms with Crippen molar-refractivity contribution < 1.29 is 9.21 Å². The molecular weight excluding hydrogens is 254 g/mol. The van der Waals surface area contributed by atoms with Crippen molar-refractivity contribution in [3.63, 3.8) is 0 Å². The molecule has 0 bridgehead atoms. The minimum atomic E-state index is -0.368. The van der Waals surface area contributed by atoms with E-state index in [1.54, 1.807) is 31.2 Å². The van der Waals surface area contributed by atoms with E-state index in [9.17, 15) is 4.79 Å². The molecule has 1 amide bonds. The molecule has 0 aliphatic rings. The standard InChI is InChI=1S/C12H12ClN3O2/c1-7(14)12-16-10(6-18-12)11(17)15-9-4-2-3-8(13)5-9/h2-7H,14H2,1H3,(H,15,17). The maximum Gasteiger partial charge on any atom is 0.277 e. The highest BCUT2D eigenvalue weighted by Crippen LogP contribution is 2.16. The van der Waals surface area contributed by atoms with Gasteiger partial charge in [0.05, 0.1) is 6.04 Å². The molecular formula is C12H12ClN3O2. The Kier molecular flexibility index (Phi) is 3.64. The number of oxazole rings is 1. The van der Waals surface area contributed by atoms with Crippen molar-refractivity contribution in [2.24, 2.45) is 5.73 Å². The van der Waals surface area contributed by atoms with Gasteiger partial charge in [-0.25, -0.2) is 4.98 Å². The second-order valence-corrected chi connectivity index (χ2v) is 4.26. The van der Waals surface area contributed by atoms with E-state index in [1.165, 1.54) is 6.26 Å². The zero-order chi connectivity index (χ0) is 13.1. The summed E-state index contributed by atoms with van der Waals surface area (Å²) in [6.07, 6.45) is 1.28. The van der Waals surface area contributed by atoms with E-state index in [0.717, 1.165) is 0 Å². The zero-order valence-electron chi connectivity index (χ0n) is 9.68. The molecule has 1 atom stereocenters. The van der Waals surface area contributed by atoms with E-state index in [4.69, 9.17) is 21.8 Å². The zero-order valence-corrected chi connectivity index (χ0v) is 10.4. The van der Waals surface area contributed by atoms with Crippen molar-refractivity contribution in [1.82, 2.24) is 4.98 Å². The number of hydrogen-bond acceptors (Lipinski definition) is 4. The number of amides is 1. The number of aromatic nitrogens is 1. The Morgan fingerprint density at radius 1 is 1.56 bits per heavy atom. The summed E-state index contributed by atoms with van der Waals surface area (Å²) in [4.78, 5) is 15.8. The summed E-state index contributed by atoms with van der Waals surface area (Å²) in [5, 5.41) is 3.21. The van der Waals surface area contributed by atoms with Gasteiger partial charge in [0.1, 0.15) is 6.26 Å². The van der Waals surface area contributed by atoms with Crippen LogP contribution in [0, 0.1) is 0 Å². The number of anilines is 1. The third-order valence-electron chi connectivity index (χ3n) is 2.23. The summed E-state index contributed by atoms with van der Waals surface area (Å²) in [6, 6.07) is 6.50. The van der Waals surface area contributed by atoms with Crippen LogP contribution in [-0.4, -0.2) is 10.9 Å². The molecule has 0 aliphatic heterocycles. The number of carbonyl (C=O) groups excluding carboxylic acids is 1. The van der Waals surface area contributed by atoms with E-state index in [2.05, 4.69) is 10.3 Å². The molecule has 0 aliphatic carbocycles. The first-order chi connectivity index (χ1) is 8.56. The van der Waals surface area contributed by atoms with Gasteiger partial charge in [0.25, 0.3) is 5.91 Å². The van der Waals surface area contributed by atoms with E-state index >= 15 is 0 Å². The van der Waals surface area contributed by atoms with E-state index in [0.29, 0.717) is 16.6 Å². The van der Waals surface area contributed by atoms with Crippen LogP contribution in [0.1, 0.15) is 29.3 Å². The SMILES string of the molecule is CC(N)c1nc(C(=O)Nc2cccc(Cl)c2)co1. The van der Waals surface area contributed by atoms with Crippen LogP contribution in [0.15, 0.2) is 34.9 Å². The Morgan fingerprint density at radius 2 is 2.33 bits per heavy atom. The van der Waals surface area contributed by atoms with Crippen LogP contribution in [-0.2, 0) is 0 Å². The molecule has 1 heterocycles. The summed E-state index contributed by atoms with van der Waals surface area (Å²) in [5.41, 5.74) is 6.37. The summed E-state index contributed by atoms with van der Waals surface area (Å²) in [7, 11) is 0. The lowest BCUT2D eigenvalue weighted by molar-refractivity contribution is 0.102.